The highest BCUT2D eigenvalue weighted by molar-refractivity contribution is 8.00. The van der Waals surface area contributed by atoms with Gasteiger partial charge >= 0.3 is 5.97 Å². The van der Waals surface area contributed by atoms with E-state index in [0.29, 0.717) is 5.75 Å². The third-order valence-corrected chi connectivity index (χ3v) is 3.18. The highest BCUT2D eigenvalue weighted by atomic mass is 32.2. The van der Waals surface area contributed by atoms with Gasteiger partial charge in [0.2, 0.25) is 0 Å². The minimum absolute atomic E-state index is 0.0569. The summed E-state index contributed by atoms with van der Waals surface area (Å²) in [4.78, 5) is 16.2. The maximum absolute atomic E-state index is 11.1. The Morgan fingerprint density at radius 1 is 1.50 bits per heavy atom. The molecule has 0 bridgehead atoms. The second-order valence-electron chi connectivity index (χ2n) is 4.49. The summed E-state index contributed by atoms with van der Waals surface area (Å²) in [5.74, 6) is 0.111. The molecule has 0 aliphatic carbocycles. The maximum atomic E-state index is 11.1. The van der Waals surface area contributed by atoms with Crippen molar-refractivity contribution < 1.29 is 9.53 Å². The molecule has 0 unspecified atom stereocenters. The van der Waals surface area contributed by atoms with Crippen molar-refractivity contribution in [3.8, 4) is 0 Å². The maximum Gasteiger partial charge on any atom is 0.315 e. The third kappa shape index (κ3) is 3.52. The lowest BCUT2D eigenvalue weighted by atomic mass is 9.88. The first-order chi connectivity index (χ1) is 7.45. The number of aromatic nitrogens is 1. The van der Waals surface area contributed by atoms with Gasteiger partial charge in [0.1, 0.15) is 0 Å². The van der Waals surface area contributed by atoms with Gasteiger partial charge in [0.25, 0.3) is 0 Å². The molecule has 1 aromatic rings. The lowest BCUT2D eigenvalue weighted by Crippen LogP contribution is -2.13. The molecular formula is C12H17NO2S. The molecule has 0 radical (unpaired) electrons. The van der Waals surface area contributed by atoms with Crippen LogP contribution < -0.4 is 0 Å². The highest BCUT2D eigenvalue weighted by Gasteiger charge is 2.18. The Hall–Kier alpha value is -1.03. The molecule has 16 heavy (non-hydrogen) atoms. The van der Waals surface area contributed by atoms with E-state index in [1.165, 1.54) is 24.4 Å². The molecule has 3 nitrogen and oxygen atoms in total. The van der Waals surface area contributed by atoms with Crippen molar-refractivity contribution in [1.82, 2.24) is 4.98 Å². The third-order valence-electron chi connectivity index (χ3n) is 2.17. The molecule has 0 saturated carbocycles. The molecule has 1 heterocycles. The van der Waals surface area contributed by atoms with Crippen molar-refractivity contribution >= 4 is 17.7 Å². The SMILES string of the molecule is COC(=O)CSc1cnccc1C(C)(C)C. The number of ether oxygens (including phenoxy) is 1. The summed E-state index contributed by atoms with van der Waals surface area (Å²) in [6.45, 7) is 6.43. The lowest BCUT2D eigenvalue weighted by Gasteiger charge is -2.21. The Morgan fingerprint density at radius 3 is 2.75 bits per heavy atom. The fourth-order valence-corrected chi connectivity index (χ4v) is 2.37. The van der Waals surface area contributed by atoms with Crippen molar-refractivity contribution in [2.45, 2.75) is 31.1 Å². The van der Waals surface area contributed by atoms with Gasteiger partial charge in [-0.2, -0.15) is 0 Å². The lowest BCUT2D eigenvalue weighted by molar-refractivity contribution is -0.137. The summed E-state index contributed by atoms with van der Waals surface area (Å²) in [7, 11) is 1.40. The van der Waals surface area contributed by atoms with Crippen LogP contribution in [0.1, 0.15) is 26.3 Å². The van der Waals surface area contributed by atoms with Crippen molar-refractivity contribution in [2.75, 3.05) is 12.9 Å². The van der Waals surface area contributed by atoms with Gasteiger partial charge < -0.3 is 4.74 Å². The van der Waals surface area contributed by atoms with Gasteiger partial charge in [-0.3, -0.25) is 9.78 Å². The summed E-state index contributed by atoms with van der Waals surface area (Å²) in [6.07, 6.45) is 3.58. The number of nitrogens with zero attached hydrogens (tertiary/aromatic N) is 1. The number of hydrogen-bond donors (Lipinski definition) is 0. The van der Waals surface area contributed by atoms with Crippen LogP contribution in [-0.2, 0) is 14.9 Å². The van der Waals surface area contributed by atoms with Crippen LogP contribution in [0.2, 0.25) is 0 Å². The van der Waals surface area contributed by atoms with Crippen LogP contribution in [0, 0.1) is 0 Å². The van der Waals surface area contributed by atoms with E-state index < -0.39 is 0 Å². The second kappa shape index (κ2) is 5.34. The quantitative estimate of drug-likeness (QED) is 0.600. The Bertz CT molecular complexity index is 372. The molecule has 0 aliphatic rings. The molecule has 0 aliphatic heterocycles. The molecule has 0 N–H and O–H groups in total. The van der Waals surface area contributed by atoms with Crippen LogP contribution in [0.3, 0.4) is 0 Å². The van der Waals surface area contributed by atoms with E-state index in [1.54, 1.807) is 12.4 Å². The van der Waals surface area contributed by atoms with E-state index in [9.17, 15) is 4.79 Å². The van der Waals surface area contributed by atoms with Gasteiger partial charge in [-0.1, -0.05) is 20.8 Å². The highest BCUT2D eigenvalue weighted by Crippen LogP contribution is 2.31. The van der Waals surface area contributed by atoms with Crippen LogP contribution in [0.5, 0.6) is 0 Å². The van der Waals surface area contributed by atoms with Gasteiger partial charge in [0.15, 0.2) is 0 Å². The molecule has 0 amide bonds. The monoisotopic (exact) mass is 239 g/mol. The van der Waals surface area contributed by atoms with Gasteiger partial charge in [-0.15, -0.1) is 11.8 Å². The predicted molar refractivity (Wildman–Crippen MR) is 65.7 cm³/mol. The standard InChI is InChI=1S/C12H17NO2S/c1-12(2,3)9-5-6-13-7-10(9)16-8-11(14)15-4/h5-7H,8H2,1-4H3. The minimum atomic E-state index is -0.214. The molecule has 0 saturated heterocycles. The smallest absolute Gasteiger partial charge is 0.315 e. The molecule has 1 aromatic heterocycles. The zero-order chi connectivity index (χ0) is 12.2. The molecular weight excluding hydrogens is 222 g/mol. The Labute approximate surface area is 101 Å². The topological polar surface area (TPSA) is 39.2 Å². The normalized spacial score (nSPS) is 11.2. The molecule has 88 valence electrons. The molecule has 4 heteroatoms. The zero-order valence-electron chi connectivity index (χ0n) is 10.1. The van der Waals surface area contributed by atoms with E-state index in [1.807, 2.05) is 6.07 Å². The first-order valence-corrected chi connectivity index (χ1v) is 6.08. The fourth-order valence-electron chi connectivity index (χ4n) is 1.31. The average Bonchev–Trinajstić information content (AvgIpc) is 2.25. The van der Waals surface area contributed by atoms with E-state index in [2.05, 4.69) is 30.5 Å². The first-order valence-electron chi connectivity index (χ1n) is 5.09. The Kier molecular flexibility index (Phi) is 4.35. The van der Waals surface area contributed by atoms with E-state index >= 15 is 0 Å². The molecule has 0 spiro atoms. The van der Waals surface area contributed by atoms with E-state index in [-0.39, 0.29) is 11.4 Å². The van der Waals surface area contributed by atoms with E-state index in [4.69, 9.17) is 0 Å². The Morgan fingerprint density at radius 2 is 2.19 bits per heavy atom. The number of hydrogen-bond acceptors (Lipinski definition) is 4. The summed E-state index contributed by atoms with van der Waals surface area (Å²) < 4.78 is 4.62. The van der Waals surface area contributed by atoms with Crippen molar-refractivity contribution in [3.63, 3.8) is 0 Å². The Balaban J connectivity index is 2.84. The van der Waals surface area contributed by atoms with Crippen LogP contribution in [0.4, 0.5) is 0 Å². The van der Waals surface area contributed by atoms with Gasteiger partial charge in [0.05, 0.1) is 12.9 Å². The number of thioether (sulfide) groups is 1. The van der Waals surface area contributed by atoms with Crippen LogP contribution in [0.25, 0.3) is 0 Å². The number of pyridine rings is 1. The summed E-state index contributed by atoms with van der Waals surface area (Å²) in [5, 5.41) is 0. The van der Waals surface area contributed by atoms with Crippen molar-refractivity contribution in [3.05, 3.63) is 24.0 Å². The molecule has 0 atom stereocenters. The number of rotatable bonds is 3. The molecule has 0 fully saturated rings. The van der Waals surface area contributed by atoms with Gasteiger partial charge in [-0.25, -0.2) is 0 Å². The average molecular weight is 239 g/mol. The minimum Gasteiger partial charge on any atom is -0.468 e. The van der Waals surface area contributed by atoms with Crippen LogP contribution in [-0.4, -0.2) is 23.8 Å². The van der Waals surface area contributed by atoms with Crippen LogP contribution >= 0.6 is 11.8 Å². The number of esters is 1. The van der Waals surface area contributed by atoms with Crippen molar-refractivity contribution in [2.24, 2.45) is 0 Å². The summed E-state index contributed by atoms with van der Waals surface area (Å²) in [5.41, 5.74) is 1.26. The predicted octanol–water partition coefficient (Wildman–Crippen LogP) is 2.64. The van der Waals surface area contributed by atoms with Crippen molar-refractivity contribution in [1.29, 1.82) is 0 Å². The van der Waals surface area contributed by atoms with E-state index in [0.717, 1.165) is 4.90 Å². The van der Waals surface area contributed by atoms with Gasteiger partial charge in [0, 0.05) is 17.3 Å². The molecule has 0 aromatic carbocycles. The van der Waals surface area contributed by atoms with Gasteiger partial charge in [-0.05, 0) is 17.0 Å². The zero-order valence-corrected chi connectivity index (χ0v) is 10.9. The number of methoxy groups -OCH3 is 1. The molecule has 1 rings (SSSR count). The van der Waals surface area contributed by atoms with Crippen LogP contribution in [0.15, 0.2) is 23.4 Å². The fraction of sp³-hybridized carbons (Fsp3) is 0.500. The number of carbonyl (C=O) groups is 1. The summed E-state index contributed by atoms with van der Waals surface area (Å²) in [6, 6.07) is 2.00. The second-order valence-corrected chi connectivity index (χ2v) is 5.50. The largest absolute Gasteiger partial charge is 0.468 e. The number of carbonyl (C=O) groups excluding carboxylic acids is 1. The first kappa shape index (κ1) is 13.0. The summed E-state index contributed by atoms with van der Waals surface area (Å²) >= 11 is 1.47.